The monoisotopic (exact) mass is 235 g/mol. The van der Waals surface area contributed by atoms with Crippen LogP contribution in [-0.2, 0) is 6.42 Å². The highest BCUT2D eigenvalue weighted by molar-refractivity contribution is 5.27. The number of rotatable bonds is 8. The molecule has 0 aliphatic carbocycles. The Morgan fingerprint density at radius 1 is 1.12 bits per heavy atom. The largest absolute Gasteiger partial charge is 0.497 e. The summed E-state index contributed by atoms with van der Waals surface area (Å²) < 4.78 is 5.14. The maximum atomic E-state index is 5.99. The molecule has 0 saturated heterocycles. The van der Waals surface area contributed by atoms with E-state index in [2.05, 4.69) is 19.1 Å². The van der Waals surface area contributed by atoms with Crippen molar-refractivity contribution in [3.63, 3.8) is 0 Å². The molecule has 0 spiro atoms. The van der Waals surface area contributed by atoms with Gasteiger partial charge in [0, 0.05) is 6.04 Å². The van der Waals surface area contributed by atoms with E-state index in [1.165, 1.54) is 24.8 Å². The number of benzene rings is 1. The number of aryl methyl sites for hydroxylation is 1. The summed E-state index contributed by atoms with van der Waals surface area (Å²) in [6, 6.07) is 8.74. The molecule has 1 unspecified atom stereocenters. The molecule has 2 N–H and O–H groups in total. The first-order valence-electron chi connectivity index (χ1n) is 6.64. The molecule has 0 amide bonds. The summed E-state index contributed by atoms with van der Waals surface area (Å²) in [7, 11) is 1.70. The lowest BCUT2D eigenvalue weighted by Crippen LogP contribution is -2.19. The van der Waals surface area contributed by atoms with Crippen LogP contribution in [0.2, 0.25) is 0 Å². The van der Waals surface area contributed by atoms with E-state index in [1.54, 1.807) is 7.11 Å². The zero-order chi connectivity index (χ0) is 12.5. The van der Waals surface area contributed by atoms with Crippen LogP contribution in [0.4, 0.5) is 0 Å². The van der Waals surface area contributed by atoms with E-state index >= 15 is 0 Å². The van der Waals surface area contributed by atoms with Gasteiger partial charge in [0.1, 0.15) is 5.75 Å². The molecule has 0 bridgehead atoms. The molecular weight excluding hydrogens is 210 g/mol. The molecule has 1 rings (SSSR count). The fourth-order valence-electron chi connectivity index (χ4n) is 2.04. The van der Waals surface area contributed by atoms with E-state index in [0.29, 0.717) is 6.04 Å². The van der Waals surface area contributed by atoms with Crippen LogP contribution in [0.15, 0.2) is 24.3 Å². The van der Waals surface area contributed by atoms with Crippen LogP contribution in [-0.4, -0.2) is 13.2 Å². The first-order valence-corrected chi connectivity index (χ1v) is 6.64. The first-order chi connectivity index (χ1) is 8.26. The van der Waals surface area contributed by atoms with Crippen LogP contribution in [0, 0.1) is 0 Å². The van der Waals surface area contributed by atoms with Gasteiger partial charge >= 0.3 is 0 Å². The summed E-state index contributed by atoms with van der Waals surface area (Å²) in [6.45, 7) is 2.19. The lowest BCUT2D eigenvalue weighted by atomic mass is 10.0. The van der Waals surface area contributed by atoms with Gasteiger partial charge in [-0.2, -0.15) is 0 Å². The molecule has 0 heterocycles. The molecule has 2 nitrogen and oxygen atoms in total. The fourth-order valence-corrected chi connectivity index (χ4v) is 2.04. The Bertz CT molecular complexity index is 294. The molecule has 17 heavy (non-hydrogen) atoms. The third-order valence-electron chi connectivity index (χ3n) is 3.11. The van der Waals surface area contributed by atoms with Crippen molar-refractivity contribution in [3.8, 4) is 5.75 Å². The molecule has 0 aromatic heterocycles. The lowest BCUT2D eigenvalue weighted by molar-refractivity contribution is 0.414. The van der Waals surface area contributed by atoms with Gasteiger partial charge in [-0.3, -0.25) is 0 Å². The second kappa shape index (κ2) is 8.13. The van der Waals surface area contributed by atoms with Gasteiger partial charge in [-0.25, -0.2) is 0 Å². The minimum atomic E-state index is 0.399. The molecule has 1 atom stereocenters. The summed E-state index contributed by atoms with van der Waals surface area (Å²) in [5.74, 6) is 0.929. The van der Waals surface area contributed by atoms with Crippen molar-refractivity contribution in [3.05, 3.63) is 29.8 Å². The number of ether oxygens (including phenoxy) is 1. The topological polar surface area (TPSA) is 35.2 Å². The SMILES string of the molecule is CCCC(N)CCCCc1ccc(OC)cc1. The van der Waals surface area contributed by atoms with Crippen molar-refractivity contribution in [2.45, 2.75) is 51.5 Å². The van der Waals surface area contributed by atoms with Crippen LogP contribution in [0.1, 0.15) is 44.6 Å². The maximum Gasteiger partial charge on any atom is 0.118 e. The van der Waals surface area contributed by atoms with E-state index in [0.717, 1.165) is 25.0 Å². The van der Waals surface area contributed by atoms with Gasteiger partial charge in [-0.15, -0.1) is 0 Å². The van der Waals surface area contributed by atoms with Gasteiger partial charge in [-0.1, -0.05) is 31.9 Å². The Kier molecular flexibility index (Phi) is 6.71. The van der Waals surface area contributed by atoms with Crippen LogP contribution >= 0.6 is 0 Å². The predicted molar refractivity (Wildman–Crippen MR) is 73.4 cm³/mol. The number of methoxy groups -OCH3 is 1. The van der Waals surface area contributed by atoms with Crippen molar-refractivity contribution in [1.29, 1.82) is 0 Å². The highest BCUT2D eigenvalue weighted by Crippen LogP contribution is 2.14. The molecule has 1 aromatic carbocycles. The summed E-state index contributed by atoms with van der Waals surface area (Å²) in [5, 5.41) is 0. The fraction of sp³-hybridized carbons (Fsp3) is 0.600. The Hall–Kier alpha value is -1.02. The van der Waals surface area contributed by atoms with Crippen molar-refractivity contribution < 1.29 is 4.74 Å². The van der Waals surface area contributed by atoms with Gasteiger partial charge in [-0.05, 0) is 43.4 Å². The highest BCUT2D eigenvalue weighted by Gasteiger charge is 2.01. The normalized spacial score (nSPS) is 12.4. The Morgan fingerprint density at radius 3 is 2.41 bits per heavy atom. The van der Waals surface area contributed by atoms with Gasteiger partial charge in [0.15, 0.2) is 0 Å². The van der Waals surface area contributed by atoms with E-state index in [-0.39, 0.29) is 0 Å². The molecule has 2 heteroatoms. The summed E-state index contributed by atoms with van der Waals surface area (Å²) in [6.07, 6.45) is 7.10. The molecular formula is C15H25NO. The third kappa shape index (κ3) is 5.73. The maximum absolute atomic E-state index is 5.99. The van der Waals surface area contributed by atoms with E-state index in [1.807, 2.05) is 12.1 Å². The summed E-state index contributed by atoms with van der Waals surface area (Å²) in [5.41, 5.74) is 7.37. The van der Waals surface area contributed by atoms with Crippen LogP contribution < -0.4 is 10.5 Å². The molecule has 0 aliphatic rings. The summed E-state index contributed by atoms with van der Waals surface area (Å²) in [4.78, 5) is 0. The van der Waals surface area contributed by atoms with Crippen LogP contribution in [0.3, 0.4) is 0 Å². The molecule has 0 saturated carbocycles. The molecule has 1 aromatic rings. The zero-order valence-electron chi connectivity index (χ0n) is 11.1. The van der Waals surface area contributed by atoms with Gasteiger partial charge in [0.05, 0.1) is 7.11 Å². The number of hydrogen-bond donors (Lipinski definition) is 1. The van der Waals surface area contributed by atoms with Crippen LogP contribution in [0.25, 0.3) is 0 Å². The van der Waals surface area contributed by atoms with Gasteiger partial charge < -0.3 is 10.5 Å². The Labute approximate surface area is 105 Å². The van der Waals surface area contributed by atoms with Gasteiger partial charge in [0.2, 0.25) is 0 Å². The van der Waals surface area contributed by atoms with E-state index < -0.39 is 0 Å². The minimum absolute atomic E-state index is 0.399. The Balaban J connectivity index is 2.17. The van der Waals surface area contributed by atoms with Gasteiger partial charge in [0.25, 0.3) is 0 Å². The predicted octanol–water partition coefficient (Wildman–Crippen LogP) is 3.54. The number of hydrogen-bond acceptors (Lipinski definition) is 2. The highest BCUT2D eigenvalue weighted by atomic mass is 16.5. The zero-order valence-corrected chi connectivity index (χ0v) is 11.1. The second-order valence-corrected chi connectivity index (χ2v) is 4.64. The number of unbranched alkanes of at least 4 members (excludes halogenated alkanes) is 1. The first kappa shape index (κ1) is 14.0. The summed E-state index contributed by atoms with van der Waals surface area (Å²) >= 11 is 0. The average Bonchev–Trinajstić information content (AvgIpc) is 2.36. The van der Waals surface area contributed by atoms with Crippen molar-refractivity contribution in [1.82, 2.24) is 0 Å². The van der Waals surface area contributed by atoms with E-state index in [4.69, 9.17) is 10.5 Å². The standard InChI is InChI=1S/C15H25NO/c1-3-6-14(16)8-5-4-7-13-9-11-15(17-2)12-10-13/h9-12,14H,3-8,16H2,1-2H3. The van der Waals surface area contributed by atoms with Crippen LogP contribution in [0.5, 0.6) is 5.75 Å². The van der Waals surface area contributed by atoms with E-state index in [9.17, 15) is 0 Å². The second-order valence-electron chi connectivity index (χ2n) is 4.64. The van der Waals surface area contributed by atoms with Crippen molar-refractivity contribution >= 4 is 0 Å². The lowest BCUT2D eigenvalue weighted by Gasteiger charge is -2.09. The van der Waals surface area contributed by atoms with Crippen molar-refractivity contribution in [2.75, 3.05) is 7.11 Å². The number of nitrogens with two attached hydrogens (primary N) is 1. The smallest absolute Gasteiger partial charge is 0.118 e. The molecule has 0 fully saturated rings. The molecule has 0 radical (unpaired) electrons. The third-order valence-corrected chi connectivity index (χ3v) is 3.11. The molecule has 96 valence electrons. The minimum Gasteiger partial charge on any atom is -0.497 e. The molecule has 0 aliphatic heterocycles. The Morgan fingerprint density at radius 2 is 1.82 bits per heavy atom. The van der Waals surface area contributed by atoms with Crippen molar-refractivity contribution in [2.24, 2.45) is 5.73 Å². The quantitative estimate of drug-likeness (QED) is 0.699. The average molecular weight is 235 g/mol.